The summed E-state index contributed by atoms with van der Waals surface area (Å²) in [5, 5.41) is 0. The molecule has 3 aromatic carbocycles. The Morgan fingerprint density at radius 1 is 0.833 bits per heavy atom. The van der Waals surface area contributed by atoms with Crippen molar-refractivity contribution >= 4 is 17.5 Å². The van der Waals surface area contributed by atoms with E-state index in [0.717, 1.165) is 41.0 Å². The molecule has 5 nitrogen and oxygen atoms in total. The monoisotopic (exact) mass is 477 g/mol. The summed E-state index contributed by atoms with van der Waals surface area (Å²) in [7, 11) is 0. The molecule has 1 aliphatic heterocycles. The molecule has 0 bridgehead atoms. The van der Waals surface area contributed by atoms with E-state index >= 15 is 0 Å². The summed E-state index contributed by atoms with van der Waals surface area (Å²) in [5.41, 5.74) is 5.43. The van der Waals surface area contributed by atoms with Crippen molar-refractivity contribution in [1.29, 1.82) is 0 Å². The van der Waals surface area contributed by atoms with Gasteiger partial charge in [0.15, 0.2) is 0 Å². The lowest BCUT2D eigenvalue weighted by atomic mass is 9.97. The van der Waals surface area contributed by atoms with Crippen LogP contribution in [0.2, 0.25) is 0 Å². The third-order valence-electron chi connectivity index (χ3n) is 6.87. The van der Waals surface area contributed by atoms with Crippen LogP contribution in [0, 0.1) is 6.92 Å². The van der Waals surface area contributed by atoms with E-state index in [9.17, 15) is 9.59 Å². The highest BCUT2D eigenvalue weighted by molar-refractivity contribution is 6.03. The number of amides is 2. The van der Waals surface area contributed by atoms with Crippen molar-refractivity contribution in [1.82, 2.24) is 9.47 Å². The van der Waals surface area contributed by atoms with Gasteiger partial charge in [0.05, 0.1) is 17.1 Å². The molecule has 2 heterocycles. The van der Waals surface area contributed by atoms with E-state index < -0.39 is 0 Å². The Kier molecular flexibility index (Phi) is 6.72. The molecule has 1 unspecified atom stereocenters. The number of aromatic nitrogens is 1. The van der Waals surface area contributed by atoms with Crippen molar-refractivity contribution in [3.05, 3.63) is 120 Å². The van der Waals surface area contributed by atoms with E-state index in [2.05, 4.69) is 29.7 Å². The van der Waals surface area contributed by atoms with E-state index in [-0.39, 0.29) is 24.4 Å². The molecule has 182 valence electrons. The number of nitrogens with zero attached hydrogens (tertiary/aromatic N) is 3. The van der Waals surface area contributed by atoms with Gasteiger partial charge in [0, 0.05) is 18.3 Å². The number of anilines is 1. The zero-order valence-corrected chi connectivity index (χ0v) is 20.8. The third kappa shape index (κ3) is 4.33. The summed E-state index contributed by atoms with van der Waals surface area (Å²) >= 11 is 0. The van der Waals surface area contributed by atoms with Gasteiger partial charge in [-0.05, 0) is 54.8 Å². The Morgan fingerprint density at radius 3 is 2.28 bits per heavy atom. The van der Waals surface area contributed by atoms with Crippen LogP contribution < -0.4 is 4.90 Å². The second-order valence-electron chi connectivity index (χ2n) is 9.26. The largest absolute Gasteiger partial charge is 0.329 e. The van der Waals surface area contributed by atoms with Gasteiger partial charge in [-0.25, -0.2) is 0 Å². The lowest BCUT2D eigenvalue weighted by Crippen LogP contribution is -2.47. The Morgan fingerprint density at radius 2 is 1.53 bits per heavy atom. The molecule has 5 heteroatoms. The number of hydrogen-bond acceptors (Lipinski definition) is 2. The second kappa shape index (κ2) is 10.2. The molecule has 2 amide bonds. The quantitative estimate of drug-likeness (QED) is 0.320. The number of unbranched alkanes of at least 4 members (excludes halogenated alkanes) is 1. The van der Waals surface area contributed by atoms with Crippen molar-refractivity contribution in [2.45, 2.75) is 32.7 Å². The highest BCUT2D eigenvalue weighted by Gasteiger charge is 2.37. The molecule has 1 aromatic heterocycles. The Balaban J connectivity index is 1.55. The number of para-hydroxylation sites is 2. The van der Waals surface area contributed by atoms with Gasteiger partial charge in [-0.3, -0.25) is 14.5 Å². The highest BCUT2D eigenvalue weighted by atomic mass is 16.2. The van der Waals surface area contributed by atoms with Crippen molar-refractivity contribution in [2.24, 2.45) is 0 Å². The number of rotatable bonds is 7. The molecule has 0 radical (unpaired) electrons. The van der Waals surface area contributed by atoms with Crippen LogP contribution in [0.3, 0.4) is 0 Å². The van der Waals surface area contributed by atoms with Crippen LogP contribution in [0.5, 0.6) is 0 Å². The number of aryl methyl sites for hydroxylation is 1. The van der Waals surface area contributed by atoms with Crippen molar-refractivity contribution in [3.8, 4) is 5.69 Å². The minimum atomic E-state index is -0.287. The van der Waals surface area contributed by atoms with Gasteiger partial charge < -0.3 is 9.47 Å². The minimum Gasteiger partial charge on any atom is -0.329 e. The van der Waals surface area contributed by atoms with Gasteiger partial charge in [0.2, 0.25) is 5.91 Å². The number of fused-ring (bicyclic) bond motifs is 3. The number of carbonyl (C=O) groups excluding carboxylic acids is 2. The first kappa shape index (κ1) is 23.6. The van der Waals surface area contributed by atoms with Crippen molar-refractivity contribution < 1.29 is 9.59 Å². The number of benzene rings is 3. The van der Waals surface area contributed by atoms with Gasteiger partial charge in [-0.1, -0.05) is 74.0 Å². The Labute approximate surface area is 212 Å². The Hall–Kier alpha value is -4.12. The van der Waals surface area contributed by atoms with E-state index in [0.29, 0.717) is 12.1 Å². The number of hydrogen-bond donors (Lipinski definition) is 0. The van der Waals surface area contributed by atoms with Crippen molar-refractivity contribution in [2.75, 3.05) is 18.0 Å². The maximum atomic E-state index is 14.2. The predicted molar refractivity (Wildman–Crippen MR) is 144 cm³/mol. The van der Waals surface area contributed by atoms with Crippen LogP contribution in [-0.2, 0) is 4.79 Å². The highest BCUT2D eigenvalue weighted by Crippen LogP contribution is 2.42. The van der Waals surface area contributed by atoms with Gasteiger partial charge in [-0.2, -0.15) is 0 Å². The maximum Gasteiger partial charge on any atom is 0.254 e. The van der Waals surface area contributed by atoms with Crippen LogP contribution >= 0.6 is 0 Å². The van der Waals surface area contributed by atoms with Gasteiger partial charge in [-0.15, -0.1) is 0 Å². The van der Waals surface area contributed by atoms with Crippen molar-refractivity contribution in [3.63, 3.8) is 0 Å². The average Bonchev–Trinajstić information content (AvgIpc) is 3.40. The molecule has 1 aliphatic rings. The summed E-state index contributed by atoms with van der Waals surface area (Å²) in [6.07, 6.45) is 3.83. The summed E-state index contributed by atoms with van der Waals surface area (Å²) < 4.78 is 2.16. The van der Waals surface area contributed by atoms with Crippen LogP contribution in [0.1, 0.15) is 53.0 Å². The van der Waals surface area contributed by atoms with Crippen LogP contribution in [0.4, 0.5) is 5.69 Å². The molecule has 0 N–H and O–H groups in total. The molecular weight excluding hydrogens is 446 g/mol. The predicted octanol–water partition coefficient (Wildman–Crippen LogP) is 6.16. The fourth-order valence-corrected chi connectivity index (χ4v) is 5.04. The molecule has 36 heavy (non-hydrogen) atoms. The van der Waals surface area contributed by atoms with Crippen LogP contribution in [0.25, 0.3) is 5.69 Å². The van der Waals surface area contributed by atoms with E-state index in [4.69, 9.17) is 0 Å². The first-order valence-electron chi connectivity index (χ1n) is 12.6. The van der Waals surface area contributed by atoms with Gasteiger partial charge in [0.1, 0.15) is 12.6 Å². The summed E-state index contributed by atoms with van der Waals surface area (Å²) in [6.45, 7) is 4.59. The zero-order valence-electron chi connectivity index (χ0n) is 20.8. The lowest BCUT2D eigenvalue weighted by Gasteiger charge is -2.39. The number of carbonyl (C=O) groups is 2. The lowest BCUT2D eigenvalue weighted by molar-refractivity contribution is -0.119. The normalized spacial score (nSPS) is 14.2. The first-order chi connectivity index (χ1) is 17.6. The molecule has 0 aliphatic carbocycles. The molecule has 0 fully saturated rings. The Bertz CT molecular complexity index is 1380. The molecule has 4 aromatic rings. The summed E-state index contributed by atoms with van der Waals surface area (Å²) in [4.78, 5) is 31.4. The summed E-state index contributed by atoms with van der Waals surface area (Å²) in [6, 6.07) is 29.5. The third-order valence-corrected chi connectivity index (χ3v) is 6.87. The minimum absolute atomic E-state index is 0.0194. The maximum absolute atomic E-state index is 14.2. The molecule has 0 spiro atoms. The molecule has 0 saturated carbocycles. The van der Waals surface area contributed by atoms with Gasteiger partial charge in [0.25, 0.3) is 5.91 Å². The van der Waals surface area contributed by atoms with E-state index in [1.165, 1.54) is 0 Å². The zero-order chi connectivity index (χ0) is 25.1. The fourth-order valence-electron chi connectivity index (χ4n) is 5.04. The molecule has 1 atom stereocenters. The van der Waals surface area contributed by atoms with E-state index in [1.54, 1.807) is 4.90 Å². The van der Waals surface area contributed by atoms with Gasteiger partial charge >= 0.3 is 0 Å². The standard InChI is InChI=1S/C31H31N3O2/c1-3-4-20-32(31(36)25-16-9-8-13-23(25)2)22-29(35)34-27-18-11-10-17-26(27)33-21-12-19-28(33)30(34)24-14-6-5-7-15-24/h5-19,21,30H,3-4,20,22H2,1-2H3. The molecule has 0 saturated heterocycles. The summed E-state index contributed by atoms with van der Waals surface area (Å²) in [5.74, 6) is -0.193. The fraction of sp³-hybridized carbons (Fsp3) is 0.226. The molecular formula is C31H31N3O2. The second-order valence-corrected chi connectivity index (χ2v) is 9.26. The molecule has 5 rings (SSSR count). The average molecular weight is 478 g/mol. The topological polar surface area (TPSA) is 45.6 Å². The SMILES string of the molecule is CCCCN(CC(=O)N1c2ccccc2-n2cccc2C1c1ccccc1)C(=O)c1ccccc1C. The van der Waals surface area contributed by atoms with E-state index in [1.807, 2.05) is 90.8 Å². The smallest absolute Gasteiger partial charge is 0.254 e. The van der Waals surface area contributed by atoms with Crippen LogP contribution in [0.15, 0.2) is 97.2 Å². The van der Waals surface area contributed by atoms with Crippen LogP contribution in [-0.4, -0.2) is 34.4 Å². The first-order valence-corrected chi connectivity index (χ1v) is 12.6.